The second-order valence-corrected chi connectivity index (χ2v) is 21.9. The van der Waals surface area contributed by atoms with E-state index in [0.29, 0.717) is 0 Å². The summed E-state index contributed by atoms with van der Waals surface area (Å²) in [6.07, 6.45) is 0. The van der Waals surface area contributed by atoms with Gasteiger partial charge in [0.15, 0.2) is 0 Å². The van der Waals surface area contributed by atoms with Crippen LogP contribution in [0.1, 0.15) is 58.4 Å². The maximum absolute atomic E-state index is 2.64. The number of hydrogen-bond donors (Lipinski definition) is 0. The number of anilines is 3. The quantitative estimate of drug-likeness (QED) is 0.137. The van der Waals surface area contributed by atoms with Gasteiger partial charge in [-0.2, -0.15) is 0 Å². The van der Waals surface area contributed by atoms with Crippen LogP contribution in [0, 0.1) is 13.8 Å². The molecule has 1 spiro atoms. The predicted octanol–water partition coefficient (Wildman–Crippen LogP) is 10.6. The Morgan fingerprint density at radius 2 is 0.711 bits per heavy atom. The fourth-order valence-electron chi connectivity index (χ4n) is 14.4. The molecule has 3 aliphatic rings. The molecule has 4 heteroatoms. The van der Waals surface area contributed by atoms with Crippen LogP contribution in [0.3, 0.4) is 0 Å². The lowest BCUT2D eigenvalue weighted by Crippen LogP contribution is -2.65. The van der Waals surface area contributed by atoms with E-state index >= 15 is 0 Å². The Hall–Kier alpha value is -8.59. The Labute approximate surface area is 449 Å². The van der Waals surface area contributed by atoms with E-state index in [1.807, 2.05) is 0 Å². The van der Waals surface area contributed by atoms with E-state index in [1.165, 1.54) is 122 Å². The molecule has 0 fully saturated rings. The third kappa shape index (κ3) is 6.89. The number of hydrogen-bond acceptors (Lipinski definition) is 1. The molecule has 0 aromatic heterocycles. The maximum Gasteiger partial charge on any atom is 0.242 e. The van der Waals surface area contributed by atoms with Gasteiger partial charge in [-0.25, -0.2) is 0 Å². The topological polar surface area (TPSA) is 3.24 Å². The van der Waals surface area contributed by atoms with Crippen molar-refractivity contribution >= 4 is 86.4 Å². The zero-order valence-corrected chi connectivity index (χ0v) is 43.6. The van der Waals surface area contributed by atoms with E-state index < -0.39 is 5.41 Å². The second kappa shape index (κ2) is 18.1. The van der Waals surface area contributed by atoms with Crippen LogP contribution in [0.2, 0.25) is 0 Å². The van der Waals surface area contributed by atoms with Crippen LogP contribution in [0.5, 0.6) is 0 Å². The van der Waals surface area contributed by atoms with Crippen molar-refractivity contribution in [2.75, 3.05) is 4.90 Å². The van der Waals surface area contributed by atoms with Crippen molar-refractivity contribution < 1.29 is 0 Å². The van der Waals surface area contributed by atoms with Gasteiger partial charge < -0.3 is 4.90 Å². The van der Waals surface area contributed by atoms with Crippen molar-refractivity contribution in [2.24, 2.45) is 0 Å². The molecule has 76 heavy (non-hydrogen) atoms. The first kappa shape index (κ1) is 46.0. The number of aryl methyl sites for hydroxylation is 2. The van der Waals surface area contributed by atoms with E-state index in [0.717, 1.165) is 0 Å². The number of rotatable bonds is 8. The summed E-state index contributed by atoms with van der Waals surface area (Å²) in [5.74, 6) is 0. The summed E-state index contributed by atoms with van der Waals surface area (Å²) in [5, 5.41) is 0. The molecule has 358 valence electrons. The maximum atomic E-state index is 2.64. The minimum atomic E-state index is -0.764. The minimum absolute atomic E-state index is 0.00184. The predicted molar refractivity (Wildman–Crippen MR) is 326 cm³/mol. The van der Waals surface area contributed by atoms with Crippen molar-refractivity contribution in [3.05, 3.63) is 311 Å². The molecule has 1 nitrogen and oxygen atoms in total. The lowest BCUT2D eigenvalue weighted by Gasteiger charge is -2.51. The van der Waals surface area contributed by atoms with Gasteiger partial charge in [-0.05, 0) is 76.6 Å². The molecule has 14 rings (SSSR count). The first-order chi connectivity index (χ1) is 37.3. The highest BCUT2D eigenvalue weighted by Crippen LogP contribution is 2.61. The molecule has 0 radical (unpaired) electrons. The average Bonchev–Trinajstić information content (AvgIpc) is 3.72. The highest BCUT2D eigenvalue weighted by atomic mass is 15.2. The third-order valence-corrected chi connectivity index (χ3v) is 17.5. The molecule has 2 aliphatic heterocycles. The Kier molecular flexibility index (Phi) is 10.9. The van der Waals surface area contributed by atoms with Gasteiger partial charge in [-0.15, -0.1) is 0 Å². The summed E-state index contributed by atoms with van der Waals surface area (Å²) in [6.45, 7) is 9.43. The third-order valence-electron chi connectivity index (χ3n) is 17.5. The fraction of sp³-hybridized carbons (Fsp3) is 0.0833. The molecule has 0 bridgehead atoms. The first-order valence-electron chi connectivity index (χ1n) is 27.1. The molecule has 0 N–H and O–H groups in total. The zero-order chi connectivity index (χ0) is 51.1. The van der Waals surface area contributed by atoms with Crippen molar-refractivity contribution in [3.8, 4) is 11.1 Å². The summed E-state index contributed by atoms with van der Waals surface area (Å²) in [7, 11) is 0. The van der Waals surface area contributed by atoms with Crippen molar-refractivity contribution in [1.29, 1.82) is 0 Å². The van der Waals surface area contributed by atoms with Gasteiger partial charge in [0.25, 0.3) is 0 Å². The summed E-state index contributed by atoms with van der Waals surface area (Å²) in [5.41, 5.74) is 27.6. The van der Waals surface area contributed by atoms with E-state index in [1.54, 1.807) is 0 Å². The molecule has 11 aromatic carbocycles. The van der Waals surface area contributed by atoms with E-state index in [2.05, 4.69) is 300 Å². The van der Waals surface area contributed by atoms with Gasteiger partial charge in [0.2, 0.25) is 20.1 Å². The number of para-hydroxylation sites is 2. The molecule has 0 amide bonds. The van der Waals surface area contributed by atoms with Crippen LogP contribution >= 0.6 is 0 Å². The van der Waals surface area contributed by atoms with Crippen LogP contribution in [-0.2, 0) is 10.8 Å². The standard InChI is InChI=1S/C72H56B3N/c1-49-25-23-26-50(2)70(49)75-64-45-43-55(73(51-27-9-5-10-28-51)52-29-11-6-12-30-52)47-62(64)72(63-48-56(44-46-65(63)75)74(53-31-13-7-14-32-53)54-33-15-8-16-34-54)60-38-19-21-40-66(60)76(67-41-22-20-39-61(67)72)68-42-24-36-58-57-35-17-18-37-59(57)71(3,4)69(58)68/h5-48H,1-4H3. The van der Waals surface area contributed by atoms with E-state index in [-0.39, 0.29) is 25.6 Å². The van der Waals surface area contributed by atoms with Crippen LogP contribution in [0.25, 0.3) is 11.1 Å². The van der Waals surface area contributed by atoms with Gasteiger partial charge in [0.05, 0.1) is 22.5 Å². The van der Waals surface area contributed by atoms with Gasteiger partial charge in [-0.3, -0.25) is 0 Å². The smallest absolute Gasteiger partial charge is 0.242 e. The molecule has 0 atom stereocenters. The Bertz CT molecular complexity index is 3740. The highest BCUT2D eigenvalue weighted by molar-refractivity contribution is 6.99. The van der Waals surface area contributed by atoms with E-state index in [4.69, 9.17) is 0 Å². The van der Waals surface area contributed by atoms with Gasteiger partial charge >= 0.3 is 0 Å². The molecule has 0 saturated heterocycles. The van der Waals surface area contributed by atoms with Gasteiger partial charge in [0.1, 0.15) is 0 Å². The van der Waals surface area contributed by atoms with Gasteiger partial charge in [0, 0.05) is 5.41 Å². The summed E-state index contributed by atoms with van der Waals surface area (Å²) in [4.78, 5) is 2.63. The number of fused-ring (bicyclic) bond motifs is 11. The fourth-order valence-corrected chi connectivity index (χ4v) is 14.4. The average molecular weight is 968 g/mol. The normalized spacial score (nSPS) is 13.9. The van der Waals surface area contributed by atoms with Crippen LogP contribution in [-0.4, -0.2) is 20.1 Å². The van der Waals surface area contributed by atoms with E-state index in [9.17, 15) is 0 Å². The number of benzene rings is 11. The SMILES string of the molecule is Cc1cccc(C)c1B1c2ccc(B(c3ccccc3)c3ccccc3)cc2C2(c3cc(B(c4ccccc4)c4ccccc4)ccc31)c1ccccc1N(c1cccc3c1C(C)(C)c1ccccc1-3)c1ccccc12. The van der Waals surface area contributed by atoms with Gasteiger partial charge in [-0.1, -0.05) is 323 Å². The summed E-state index contributed by atoms with van der Waals surface area (Å²) < 4.78 is 0. The second-order valence-electron chi connectivity index (χ2n) is 21.9. The molecular weight excluding hydrogens is 911 g/mol. The largest absolute Gasteiger partial charge is 0.309 e. The summed E-state index contributed by atoms with van der Waals surface area (Å²) in [6, 6.07) is 102. The Morgan fingerprint density at radius 1 is 0.329 bits per heavy atom. The molecule has 2 heterocycles. The Balaban J connectivity index is 1.13. The minimum Gasteiger partial charge on any atom is -0.309 e. The molecule has 11 aromatic rings. The highest BCUT2D eigenvalue weighted by Gasteiger charge is 2.54. The Morgan fingerprint density at radius 3 is 1.18 bits per heavy atom. The van der Waals surface area contributed by atoms with Crippen LogP contribution < -0.4 is 54.1 Å². The summed E-state index contributed by atoms with van der Waals surface area (Å²) >= 11 is 0. The van der Waals surface area contributed by atoms with Crippen LogP contribution in [0.15, 0.2) is 267 Å². The molecular formula is C72H56B3N. The van der Waals surface area contributed by atoms with Crippen molar-refractivity contribution in [2.45, 2.75) is 38.5 Å². The first-order valence-corrected chi connectivity index (χ1v) is 27.1. The van der Waals surface area contributed by atoms with Crippen LogP contribution in [0.4, 0.5) is 17.1 Å². The lowest BCUT2D eigenvalue weighted by atomic mass is 9.28. The monoisotopic (exact) mass is 967 g/mol. The molecule has 0 saturated carbocycles. The zero-order valence-electron chi connectivity index (χ0n) is 43.6. The van der Waals surface area contributed by atoms with Crippen molar-refractivity contribution in [3.63, 3.8) is 0 Å². The molecule has 1 aliphatic carbocycles. The molecule has 0 unspecified atom stereocenters. The number of nitrogens with zero attached hydrogens (tertiary/aromatic N) is 1. The lowest BCUT2D eigenvalue weighted by molar-refractivity contribution is 0.659. The van der Waals surface area contributed by atoms with Crippen molar-refractivity contribution in [1.82, 2.24) is 0 Å².